The third-order valence-electron chi connectivity index (χ3n) is 3.88. The number of hydrogen-bond acceptors (Lipinski definition) is 3. The lowest BCUT2D eigenvalue weighted by Gasteiger charge is -2.40. The summed E-state index contributed by atoms with van der Waals surface area (Å²) in [6.45, 7) is 3.20. The number of aliphatic hydroxyl groups is 1. The largest absolute Gasteiger partial charge is 0.389 e. The SMILES string of the molecule is O[C@H]1[C@H]2OCC[C@H]2CN2CCC[C@@H]12. The molecule has 74 valence electrons. The van der Waals surface area contributed by atoms with E-state index in [1.165, 1.54) is 13.0 Å². The van der Waals surface area contributed by atoms with Gasteiger partial charge in [-0.15, -0.1) is 0 Å². The van der Waals surface area contributed by atoms with Gasteiger partial charge in [-0.1, -0.05) is 0 Å². The first-order valence-corrected chi connectivity index (χ1v) is 5.40. The molecule has 0 radical (unpaired) electrons. The van der Waals surface area contributed by atoms with E-state index in [4.69, 9.17) is 4.74 Å². The fourth-order valence-corrected chi connectivity index (χ4v) is 3.21. The van der Waals surface area contributed by atoms with Gasteiger partial charge in [0.05, 0.1) is 12.2 Å². The van der Waals surface area contributed by atoms with Gasteiger partial charge in [0, 0.05) is 25.1 Å². The minimum Gasteiger partial charge on any atom is -0.389 e. The minimum atomic E-state index is -0.219. The smallest absolute Gasteiger partial charge is 0.0959 e. The molecule has 3 saturated heterocycles. The van der Waals surface area contributed by atoms with Crippen LogP contribution in [0.1, 0.15) is 19.3 Å². The Labute approximate surface area is 78.7 Å². The lowest BCUT2D eigenvalue weighted by molar-refractivity contribution is -0.0869. The van der Waals surface area contributed by atoms with Crippen LogP contribution in [-0.4, -0.2) is 48.0 Å². The van der Waals surface area contributed by atoms with E-state index in [0.29, 0.717) is 12.0 Å². The molecule has 0 aromatic carbocycles. The molecular weight excluding hydrogens is 166 g/mol. The molecule has 3 heteroatoms. The van der Waals surface area contributed by atoms with Crippen molar-refractivity contribution in [3.63, 3.8) is 0 Å². The van der Waals surface area contributed by atoms with E-state index in [-0.39, 0.29) is 12.2 Å². The molecule has 0 aliphatic carbocycles. The summed E-state index contributed by atoms with van der Waals surface area (Å²) in [5, 5.41) is 10.1. The molecular formula is C10H17NO2. The summed E-state index contributed by atoms with van der Waals surface area (Å²) in [6.07, 6.45) is 3.49. The van der Waals surface area contributed by atoms with E-state index in [9.17, 15) is 5.11 Å². The van der Waals surface area contributed by atoms with Crippen molar-refractivity contribution in [2.45, 2.75) is 37.5 Å². The number of nitrogens with zero attached hydrogens (tertiary/aromatic N) is 1. The number of piperidine rings is 1. The van der Waals surface area contributed by atoms with Crippen molar-refractivity contribution in [3.8, 4) is 0 Å². The molecule has 1 N–H and O–H groups in total. The van der Waals surface area contributed by atoms with Crippen molar-refractivity contribution in [1.82, 2.24) is 4.90 Å². The number of aliphatic hydroxyl groups excluding tert-OH is 1. The summed E-state index contributed by atoms with van der Waals surface area (Å²) in [4.78, 5) is 2.46. The molecule has 3 aliphatic rings. The number of rotatable bonds is 0. The first-order chi connectivity index (χ1) is 6.36. The van der Waals surface area contributed by atoms with Crippen molar-refractivity contribution < 1.29 is 9.84 Å². The molecule has 0 saturated carbocycles. The van der Waals surface area contributed by atoms with Crippen LogP contribution in [0, 0.1) is 5.92 Å². The van der Waals surface area contributed by atoms with E-state index in [2.05, 4.69) is 4.90 Å². The number of ether oxygens (including phenoxy) is 1. The Balaban J connectivity index is 1.82. The normalized spacial score (nSPS) is 50.5. The van der Waals surface area contributed by atoms with Crippen LogP contribution in [0.3, 0.4) is 0 Å². The van der Waals surface area contributed by atoms with Crippen molar-refractivity contribution in [3.05, 3.63) is 0 Å². The molecule has 0 amide bonds. The van der Waals surface area contributed by atoms with E-state index in [1.807, 2.05) is 0 Å². The summed E-state index contributed by atoms with van der Waals surface area (Å²) in [5.41, 5.74) is 0. The zero-order chi connectivity index (χ0) is 8.84. The topological polar surface area (TPSA) is 32.7 Å². The second-order valence-electron chi connectivity index (χ2n) is 4.58. The van der Waals surface area contributed by atoms with Gasteiger partial charge in [-0.05, 0) is 25.8 Å². The molecule has 4 atom stereocenters. The summed E-state index contributed by atoms with van der Waals surface area (Å²) in [7, 11) is 0. The van der Waals surface area contributed by atoms with Crippen LogP contribution < -0.4 is 0 Å². The summed E-state index contributed by atoms with van der Waals surface area (Å²) >= 11 is 0. The molecule has 0 aromatic heterocycles. The highest BCUT2D eigenvalue weighted by atomic mass is 16.5. The number of fused-ring (bicyclic) bond motifs is 2. The van der Waals surface area contributed by atoms with Crippen LogP contribution in [0.2, 0.25) is 0 Å². The van der Waals surface area contributed by atoms with Crippen molar-refractivity contribution in [2.75, 3.05) is 19.7 Å². The highest BCUT2D eigenvalue weighted by Crippen LogP contribution is 2.36. The number of hydrogen-bond donors (Lipinski definition) is 1. The monoisotopic (exact) mass is 183 g/mol. The second kappa shape index (κ2) is 2.94. The average Bonchev–Trinajstić information content (AvgIpc) is 2.71. The zero-order valence-electron chi connectivity index (χ0n) is 7.85. The minimum absolute atomic E-state index is 0.152. The lowest BCUT2D eigenvalue weighted by Crippen LogP contribution is -2.55. The van der Waals surface area contributed by atoms with E-state index >= 15 is 0 Å². The summed E-state index contributed by atoms with van der Waals surface area (Å²) < 4.78 is 5.60. The highest BCUT2D eigenvalue weighted by molar-refractivity contribution is 4.99. The fourth-order valence-electron chi connectivity index (χ4n) is 3.21. The quantitative estimate of drug-likeness (QED) is 0.583. The van der Waals surface area contributed by atoms with Gasteiger partial charge in [0.2, 0.25) is 0 Å². The molecule has 3 fully saturated rings. The summed E-state index contributed by atoms with van der Waals surface area (Å²) in [6, 6.07) is 0.402. The van der Waals surface area contributed by atoms with Gasteiger partial charge < -0.3 is 9.84 Å². The Morgan fingerprint density at radius 2 is 2.23 bits per heavy atom. The van der Waals surface area contributed by atoms with E-state index in [1.54, 1.807) is 0 Å². The third kappa shape index (κ3) is 1.14. The molecule has 0 spiro atoms. The second-order valence-corrected chi connectivity index (χ2v) is 4.58. The van der Waals surface area contributed by atoms with Crippen LogP contribution in [0.15, 0.2) is 0 Å². The maximum Gasteiger partial charge on any atom is 0.0959 e. The standard InChI is InChI=1S/C10H17NO2/c12-9-8-2-1-4-11(8)6-7-3-5-13-10(7)9/h7-10,12H,1-6H2/t7-,8-,9+,10-/m0/s1. The van der Waals surface area contributed by atoms with Gasteiger partial charge in [0.15, 0.2) is 0 Å². The molecule has 0 unspecified atom stereocenters. The maximum absolute atomic E-state index is 10.1. The highest BCUT2D eigenvalue weighted by Gasteiger charge is 2.47. The van der Waals surface area contributed by atoms with Gasteiger partial charge in [-0.25, -0.2) is 0 Å². The summed E-state index contributed by atoms with van der Waals surface area (Å²) in [5.74, 6) is 0.601. The third-order valence-corrected chi connectivity index (χ3v) is 3.88. The van der Waals surface area contributed by atoms with E-state index in [0.717, 1.165) is 26.0 Å². The van der Waals surface area contributed by atoms with Gasteiger partial charge in [-0.2, -0.15) is 0 Å². The van der Waals surface area contributed by atoms with Crippen LogP contribution >= 0.6 is 0 Å². The van der Waals surface area contributed by atoms with Crippen LogP contribution in [0.5, 0.6) is 0 Å². The predicted octanol–water partition coefficient (Wildman–Crippen LogP) is 0.230. The van der Waals surface area contributed by atoms with Crippen LogP contribution in [-0.2, 0) is 4.74 Å². The predicted molar refractivity (Wildman–Crippen MR) is 48.4 cm³/mol. The Bertz CT molecular complexity index is 189. The molecule has 13 heavy (non-hydrogen) atoms. The first kappa shape index (κ1) is 8.21. The first-order valence-electron chi connectivity index (χ1n) is 5.40. The van der Waals surface area contributed by atoms with Gasteiger partial charge in [-0.3, -0.25) is 4.90 Å². The maximum atomic E-state index is 10.1. The van der Waals surface area contributed by atoms with Crippen molar-refractivity contribution in [2.24, 2.45) is 5.92 Å². The fraction of sp³-hybridized carbons (Fsp3) is 1.00. The van der Waals surface area contributed by atoms with Crippen LogP contribution in [0.4, 0.5) is 0 Å². The molecule has 3 rings (SSSR count). The Morgan fingerprint density at radius 1 is 1.31 bits per heavy atom. The zero-order valence-corrected chi connectivity index (χ0v) is 7.85. The molecule has 3 heterocycles. The van der Waals surface area contributed by atoms with Gasteiger partial charge in [0.1, 0.15) is 0 Å². The Morgan fingerprint density at radius 3 is 3.15 bits per heavy atom. The van der Waals surface area contributed by atoms with Gasteiger partial charge >= 0.3 is 0 Å². The Hall–Kier alpha value is -0.120. The average molecular weight is 183 g/mol. The Kier molecular flexibility index (Phi) is 1.86. The lowest BCUT2D eigenvalue weighted by atomic mass is 9.88. The molecule has 0 bridgehead atoms. The van der Waals surface area contributed by atoms with Crippen LogP contribution in [0.25, 0.3) is 0 Å². The van der Waals surface area contributed by atoms with Crippen molar-refractivity contribution in [1.29, 1.82) is 0 Å². The van der Waals surface area contributed by atoms with E-state index < -0.39 is 0 Å². The molecule has 3 aliphatic heterocycles. The molecule has 0 aromatic rings. The van der Waals surface area contributed by atoms with Gasteiger partial charge in [0.25, 0.3) is 0 Å². The molecule has 3 nitrogen and oxygen atoms in total. The van der Waals surface area contributed by atoms with Crippen molar-refractivity contribution >= 4 is 0 Å².